The Morgan fingerprint density at radius 1 is 1.07 bits per heavy atom. The maximum atomic E-state index is 13.7. The van der Waals surface area contributed by atoms with Crippen molar-refractivity contribution in [1.29, 1.82) is 0 Å². The third-order valence-electron chi connectivity index (χ3n) is 6.87. The van der Waals surface area contributed by atoms with Crippen LogP contribution in [0.2, 0.25) is 0 Å². The van der Waals surface area contributed by atoms with E-state index in [1.54, 1.807) is 12.1 Å². The number of carbonyl (C=O) groups excluding carboxylic acids is 1. The van der Waals surface area contributed by atoms with Gasteiger partial charge in [-0.15, -0.1) is 0 Å². The number of rotatable bonds is 10. The normalized spacial score (nSPS) is 15.6. The molecule has 0 radical (unpaired) electrons. The molecule has 0 bridgehead atoms. The van der Waals surface area contributed by atoms with E-state index in [2.05, 4.69) is 26.1 Å². The number of anilines is 2. The zero-order valence-electron chi connectivity index (χ0n) is 23.2. The molecule has 1 aliphatic heterocycles. The van der Waals surface area contributed by atoms with E-state index in [1.807, 2.05) is 20.2 Å². The SMILES string of the molecule is CN(C)CCNc1cccc(C(=O)Nn2ncc3cc(S(=O)(=O)c4cc(F)cc(F)c4)ccc32)c1NC1CCCCO1. The molecule has 1 atom stereocenters. The number of para-hydroxylation sites is 1. The van der Waals surface area contributed by atoms with Crippen LogP contribution in [0.3, 0.4) is 0 Å². The number of nitrogens with zero attached hydrogens (tertiary/aromatic N) is 3. The van der Waals surface area contributed by atoms with Crippen LogP contribution in [0.25, 0.3) is 10.9 Å². The Balaban J connectivity index is 1.42. The topological polar surface area (TPSA) is 118 Å². The second-order valence-electron chi connectivity index (χ2n) is 10.3. The summed E-state index contributed by atoms with van der Waals surface area (Å²) in [6, 6.07) is 11.6. The fourth-order valence-electron chi connectivity index (χ4n) is 4.72. The van der Waals surface area contributed by atoms with Gasteiger partial charge in [-0.1, -0.05) is 6.07 Å². The third-order valence-corrected chi connectivity index (χ3v) is 8.60. The fourth-order valence-corrected chi connectivity index (χ4v) is 6.05. The first-order valence-electron chi connectivity index (χ1n) is 13.5. The van der Waals surface area contributed by atoms with Gasteiger partial charge in [-0.3, -0.25) is 4.79 Å². The van der Waals surface area contributed by atoms with Gasteiger partial charge in [0.05, 0.1) is 38.4 Å². The highest BCUT2D eigenvalue weighted by Crippen LogP contribution is 2.30. The number of likely N-dealkylation sites (N-methyl/N-ethyl adjacent to an activating group) is 1. The number of benzene rings is 3. The van der Waals surface area contributed by atoms with Crippen molar-refractivity contribution >= 4 is 38.0 Å². The van der Waals surface area contributed by atoms with E-state index < -0.39 is 32.3 Å². The Morgan fingerprint density at radius 2 is 1.86 bits per heavy atom. The fraction of sp³-hybridized carbons (Fsp3) is 0.310. The molecule has 1 fully saturated rings. The lowest BCUT2D eigenvalue weighted by Crippen LogP contribution is -2.30. The number of amides is 1. The number of halogens is 2. The predicted octanol–water partition coefficient (Wildman–Crippen LogP) is 4.44. The molecule has 1 aliphatic rings. The molecule has 5 rings (SSSR count). The van der Waals surface area contributed by atoms with Crippen molar-refractivity contribution in [1.82, 2.24) is 14.8 Å². The van der Waals surface area contributed by atoms with E-state index in [0.29, 0.717) is 41.4 Å². The van der Waals surface area contributed by atoms with Crippen LogP contribution in [-0.2, 0) is 14.6 Å². The van der Waals surface area contributed by atoms with Gasteiger partial charge in [0.2, 0.25) is 9.84 Å². The summed E-state index contributed by atoms with van der Waals surface area (Å²) in [6.45, 7) is 2.09. The van der Waals surface area contributed by atoms with Gasteiger partial charge in [0.25, 0.3) is 5.91 Å². The molecular weight excluding hydrogens is 566 g/mol. The van der Waals surface area contributed by atoms with Crippen LogP contribution in [0.15, 0.2) is 70.6 Å². The van der Waals surface area contributed by atoms with Gasteiger partial charge < -0.3 is 20.3 Å². The molecule has 3 N–H and O–H groups in total. The van der Waals surface area contributed by atoms with Crippen LogP contribution in [0.5, 0.6) is 0 Å². The van der Waals surface area contributed by atoms with Crippen molar-refractivity contribution in [2.24, 2.45) is 0 Å². The van der Waals surface area contributed by atoms with Gasteiger partial charge in [0.15, 0.2) is 0 Å². The predicted molar refractivity (Wildman–Crippen MR) is 156 cm³/mol. The summed E-state index contributed by atoms with van der Waals surface area (Å²) in [6.07, 6.45) is 3.97. The molecular formula is C29H32F2N6O4S. The second kappa shape index (κ2) is 12.4. The summed E-state index contributed by atoms with van der Waals surface area (Å²) in [5.41, 5.74) is 4.93. The molecule has 0 saturated carbocycles. The molecule has 10 nitrogen and oxygen atoms in total. The molecule has 1 aromatic heterocycles. The number of nitrogens with one attached hydrogen (secondary N) is 3. The summed E-state index contributed by atoms with van der Waals surface area (Å²) in [4.78, 5) is 16.2. The van der Waals surface area contributed by atoms with E-state index in [9.17, 15) is 22.0 Å². The molecule has 4 aromatic rings. The van der Waals surface area contributed by atoms with Crippen LogP contribution in [0, 0.1) is 11.6 Å². The summed E-state index contributed by atoms with van der Waals surface area (Å²) < 4.78 is 59.3. The molecule has 1 amide bonds. The van der Waals surface area contributed by atoms with E-state index >= 15 is 0 Å². The number of hydrogen-bond donors (Lipinski definition) is 3. The Bertz CT molecular complexity index is 1680. The lowest BCUT2D eigenvalue weighted by molar-refractivity contribution is 0.0343. The minimum Gasteiger partial charge on any atom is -0.382 e. The Hall–Kier alpha value is -4.07. The minimum atomic E-state index is -4.20. The van der Waals surface area contributed by atoms with E-state index in [4.69, 9.17) is 4.74 Å². The quantitative estimate of drug-likeness (QED) is 0.245. The van der Waals surface area contributed by atoms with Crippen molar-refractivity contribution in [3.8, 4) is 0 Å². The van der Waals surface area contributed by atoms with Crippen molar-refractivity contribution < 1.29 is 26.7 Å². The smallest absolute Gasteiger partial charge is 0.273 e. The van der Waals surface area contributed by atoms with Gasteiger partial charge in [-0.25, -0.2) is 22.6 Å². The molecule has 1 saturated heterocycles. The van der Waals surface area contributed by atoms with Gasteiger partial charge in [0.1, 0.15) is 17.9 Å². The lowest BCUT2D eigenvalue weighted by Gasteiger charge is -2.27. The molecule has 13 heteroatoms. The van der Waals surface area contributed by atoms with Crippen LogP contribution < -0.4 is 16.1 Å². The molecule has 0 spiro atoms. The van der Waals surface area contributed by atoms with Crippen molar-refractivity contribution in [2.45, 2.75) is 35.3 Å². The van der Waals surface area contributed by atoms with Crippen LogP contribution in [0.1, 0.15) is 29.6 Å². The maximum Gasteiger partial charge on any atom is 0.273 e. The lowest BCUT2D eigenvalue weighted by atomic mass is 10.1. The average Bonchev–Trinajstić information content (AvgIpc) is 3.35. The summed E-state index contributed by atoms with van der Waals surface area (Å²) in [5.74, 6) is -2.43. The zero-order valence-corrected chi connectivity index (χ0v) is 24.0. The number of ether oxygens (including phenoxy) is 1. The number of aromatic nitrogens is 2. The average molecular weight is 599 g/mol. The molecule has 1 unspecified atom stereocenters. The van der Waals surface area contributed by atoms with Gasteiger partial charge >= 0.3 is 0 Å². The van der Waals surface area contributed by atoms with Crippen molar-refractivity contribution in [3.05, 3.63) is 78.0 Å². The molecule has 3 aromatic carbocycles. The van der Waals surface area contributed by atoms with Gasteiger partial charge in [-0.05, 0) is 75.8 Å². The monoisotopic (exact) mass is 598 g/mol. The Labute approximate surface area is 242 Å². The summed E-state index contributed by atoms with van der Waals surface area (Å²) in [5, 5.41) is 11.4. The van der Waals surface area contributed by atoms with Crippen LogP contribution >= 0.6 is 0 Å². The largest absolute Gasteiger partial charge is 0.382 e. The molecule has 42 heavy (non-hydrogen) atoms. The molecule has 2 heterocycles. The van der Waals surface area contributed by atoms with E-state index in [-0.39, 0.29) is 11.1 Å². The van der Waals surface area contributed by atoms with Crippen molar-refractivity contribution in [2.75, 3.05) is 49.9 Å². The minimum absolute atomic E-state index is 0.165. The Morgan fingerprint density at radius 3 is 2.57 bits per heavy atom. The highest BCUT2D eigenvalue weighted by molar-refractivity contribution is 7.91. The number of sulfone groups is 1. The van der Waals surface area contributed by atoms with Crippen molar-refractivity contribution in [3.63, 3.8) is 0 Å². The highest BCUT2D eigenvalue weighted by atomic mass is 32.2. The second-order valence-corrected chi connectivity index (χ2v) is 12.2. The Kier molecular flexibility index (Phi) is 8.71. The maximum absolute atomic E-state index is 13.7. The molecule has 0 aliphatic carbocycles. The number of carbonyl (C=O) groups is 1. The molecule has 222 valence electrons. The van der Waals surface area contributed by atoms with Crippen LogP contribution in [0.4, 0.5) is 20.2 Å². The zero-order chi connectivity index (χ0) is 29.9. The standard InChI is InChI=1S/C29H32F2N6O4S/c1-36(2)12-11-32-25-7-5-6-24(28(25)34-27-8-3-4-13-41-27)29(38)35-37-26-10-9-22(14-19(26)18-33-37)42(39,40)23-16-20(30)15-21(31)17-23/h5-7,9-10,14-18,27,32,34H,3-4,8,11-13H2,1-2H3,(H,35,38). The first-order chi connectivity index (χ1) is 20.1. The number of hydrogen-bond acceptors (Lipinski definition) is 8. The highest BCUT2D eigenvalue weighted by Gasteiger charge is 2.23. The van der Waals surface area contributed by atoms with Gasteiger partial charge in [-0.2, -0.15) is 9.89 Å². The number of fused-ring (bicyclic) bond motifs is 1. The first-order valence-corrected chi connectivity index (χ1v) is 15.0. The summed E-state index contributed by atoms with van der Waals surface area (Å²) in [7, 11) is -0.243. The first kappa shape index (κ1) is 29.4. The van der Waals surface area contributed by atoms with E-state index in [0.717, 1.165) is 43.6 Å². The summed E-state index contributed by atoms with van der Waals surface area (Å²) >= 11 is 0. The third kappa shape index (κ3) is 6.53. The van der Waals surface area contributed by atoms with Crippen LogP contribution in [-0.4, -0.2) is 69.1 Å². The van der Waals surface area contributed by atoms with E-state index in [1.165, 1.54) is 29.2 Å². The van der Waals surface area contributed by atoms with Gasteiger partial charge in [0, 0.05) is 31.1 Å².